The number of hydrogen-bond acceptors (Lipinski definition) is 3. The van der Waals surface area contributed by atoms with Gasteiger partial charge in [0.25, 0.3) is 0 Å². The fourth-order valence-electron chi connectivity index (χ4n) is 2.38. The fraction of sp³-hybridized carbons (Fsp3) is 0.389. The zero-order valence-corrected chi connectivity index (χ0v) is 13.8. The second-order valence-electron chi connectivity index (χ2n) is 5.69. The van der Waals surface area contributed by atoms with Crippen LogP contribution in [0.25, 0.3) is 0 Å². The molecule has 2 nitrogen and oxygen atoms in total. The molecule has 5 heteroatoms. The summed E-state index contributed by atoms with van der Waals surface area (Å²) in [6.45, 7) is 2.20. The third-order valence-corrected chi connectivity index (χ3v) is 4.99. The van der Waals surface area contributed by atoms with Crippen molar-refractivity contribution in [2.75, 3.05) is 5.75 Å². The Labute approximate surface area is 139 Å². The molecule has 0 bridgehead atoms. The Morgan fingerprint density at radius 2 is 2.00 bits per heavy atom. The van der Waals surface area contributed by atoms with Crippen LogP contribution >= 0.6 is 11.8 Å². The third-order valence-electron chi connectivity index (χ3n) is 3.73. The van der Waals surface area contributed by atoms with Crippen molar-refractivity contribution in [3.05, 3.63) is 53.2 Å². The van der Waals surface area contributed by atoms with Crippen molar-refractivity contribution in [2.24, 2.45) is 0 Å². The van der Waals surface area contributed by atoms with Gasteiger partial charge in [-0.25, -0.2) is 13.8 Å². The van der Waals surface area contributed by atoms with Crippen molar-refractivity contribution in [3.8, 4) is 5.75 Å². The number of benzene rings is 1. The second-order valence-corrected chi connectivity index (χ2v) is 6.78. The first kappa shape index (κ1) is 16.2. The second kappa shape index (κ2) is 7.30. The molecule has 0 saturated heterocycles. The minimum atomic E-state index is -0.626. The van der Waals surface area contributed by atoms with E-state index in [9.17, 15) is 8.78 Å². The Balaban J connectivity index is 1.73. The summed E-state index contributed by atoms with van der Waals surface area (Å²) < 4.78 is 33.7. The highest BCUT2D eigenvalue weighted by Gasteiger charge is 2.26. The van der Waals surface area contributed by atoms with Gasteiger partial charge in [0, 0.05) is 11.8 Å². The summed E-state index contributed by atoms with van der Waals surface area (Å²) in [5.74, 6) is -0.298. The lowest BCUT2D eigenvalue weighted by Gasteiger charge is -2.12. The molecule has 23 heavy (non-hydrogen) atoms. The Kier molecular flexibility index (Phi) is 5.16. The first-order valence-corrected chi connectivity index (χ1v) is 8.86. The van der Waals surface area contributed by atoms with E-state index in [1.165, 1.54) is 12.1 Å². The van der Waals surface area contributed by atoms with Gasteiger partial charge in [0.05, 0.1) is 0 Å². The normalized spacial score (nSPS) is 14.0. The van der Waals surface area contributed by atoms with Gasteiger partial charge in [-0.3, -0.25) is 0 Å². The Hall–Kier alpha value is -1.62. The van der Waals surface area contributed by atoms with Gasteiger partial charge in [-0.2, -0.15) is 0 Å². The van der Waals surface area contributed by atoms with E-state index in [1.54, 1.807) is 24.0 Å². The number of hydrogen-bond donors (Lipinski definition) is 0. The molecule has 1 aromatic carbocycles. The molecule has 0 unspecified atom stereocenters. The van der Waals surface area contributed by atoms with E-state index in [-0.39, 0.29) is 12.4 Å². The molecule has 2 aromatic rings. The lowest BCUT2D eigenvalue weighted by Crippen LogP contribution is -2.03. The molecule has 0 atom stereocenters. The van der Waals surface area contributed by atoms with E-state index in [1.807, 2.05) is 6.07 Å². The van der Waals surface area contributed by atoms with Crippen LogP contribution in [0.5, 0.6) is 5.75 Å². The minimum absolute atomic E-state index is 0.108. The number of rotatable bonds is 7. The van der Waals surface area contributed by atoms with Crippen LogP contribution in [0.4, 0.5) is 8.78 Å². The van der Waals surface area contributed by atoms with Crippen LogP contribution in [0.3, 0.4) is 0 Å². The van der Waals surface area contributed by atoms with Gasteiger partial charge in [0.1, 0.15) is 11.6 Å². The fourth-order valence-corrected chi connectivity index (χ4v) is 3.23. The summed E-state index contributed by atoms with van der Waals surface area (Å²) in [7, 11) is 0. The quantitative estimate of drug-likeness (QED) is 0.640. The molecule has 0 amide bonds. The molecule has 1 aliphatic rings. The Bertz CT molecular complexity index is 665. The third kappa shape index (κ3) is 4.02. The van der Waals surface area contributed by atoms with Gasteiger partial charge in [0.15, 0.2) is 17.4 Å². The topological polar surface area (TPSA) is 22.1 Å². The number of ether oxygens (including phenoxy) is 1. The molecule has 1 saturated carbocycles. The highest BCUT2D eigenvalue weighted by atomic mass is 32.2. The van der Waals surface area contributed by atoms with Gasteiger partial charge >= 0.3 is 0 Å². The molecular formula is C18H19F2NOS. The molecule has 3 rings (SSSR count). The maximum Gasteiger partial charge on any atom is 0.191 e. The summed E-state index contributed by atoms with van der Waals surface area (Å²) in [5, 5.41) is 0.852. The van der Waals surface area contributed by atoms with Crippen molar-refractivity contribution in [1.29, 1.82) is 0 Å². The van der Waals surface area contributed by atoms with Crippen LogP contribution in [0, 0.1) is 11.6 Å². The highest BCUT2D eigenvalue weighted by molar-refractivity contribution is 7.99. The SMILES string of the molecule is CCCSc1ncccc1COc1c(F)cc(C2CC2)cc1F. The van der Waals surface area contributed by atoms with Gasteiger partial charge < -0.3 is 4.74 Å². The monoisotopic (exact) mass is 335 g/mol. The molecule has 1 aliphatic carbocycles. The highest BCUT2D eigenvalue weighted by Crippen LogP contribution is 2.42. The molecule has 1 fully saturated rings. The Morgan fingerprint density at radius 3 is 2.65 bits per heavy atom. The maximum atomic E-state index is 14.1. The van der Waals surface area contributed by atoms with Crippen LogP contribution in [0.15, 0.2) is 35.5 Å². The van der Waals surface area contributed by atoms with Gasteiger partial charge in [-0.05, 0) is 54.7 Å². The molecule has 0 aliphatic heterocycles. The van der Waals surface area contributed by atoms with Gasteiger partial charge in [-0.15, -0.1) is 11.8 Å². The summed E-state index contributed by atoms with van der Waals surface area (Å²) in [4.78, 5) is 4.31. The summed E-state index contributed by atoms with van der Waals surface area (Å²) in [5.41, 5.74) is 1.57. The minimum Gasteiger partial charge on any atom is -0.483 e. The largest absolute Gasteiger partial charge is 0.483 e. The van der Waals surface area contributed by atoms with Crippen LogP contribution in [-0.2, 0) is 6.61 Å². The number of aromatic nitrogens is 1. The molecule has 1 aromatic heterocycles. The summed E-state index contributed by atoms with van der Waals surface area (Å²) >= 11 is 1.63. The van der Waals surface area contributed by atoms with Crippen molar-refractivity contribution in [2.45, 2.75) is 43.7 Å². The standard InChI is InChI=1S/C18H19F2NOS/c1-2-8-23-18-13(4-3-7-21-18)11-22-17-15(19)9-14(10-16(17)20)12-5-6-12/h3-4,7,9-10,12H,2,5-6,8,11H2,1H3. The average Bonchev–Trinajstić information content (AvgIpc) is 3.37. The van der Waals surface area contributed by atoms with E-state index in [0.29, 0.717) is 5.92 Å². The molecule has 0 spiro atoms. The number of pyridine rings is 1. The summed E-state index contributed by atoms with van der Waals surface area (Å²) in [6, 6.07) is 6.47. The van der Waals surface area contributed by atoms with E-state index in [2.05, 4.69) is 11.9 Å². The zero-order chi connectivity index (χ0) is 16.2. The molecular weight excluding hydrogens is 316 g/mol. The molecule has 0 radical (unpaired) electrons. The van der Waals surface area contributed by atoms with E-state index in [0.717, 1.165) is 41.2 Å². The van der Waals surface area contributed by atoms with Gasteiger partial charge in [-0.1, -0.05) is 13.0 Å². The predicted molar refractivity (Wildman–Crippen MR) is 87.9 cm³/mol. The van der Waals surface area contributed by atoms with Crippen molar-refractivity contribution in [1.82, 2.24) is 4.98 Å². The maximum absolute atomic E-state index is 14.1. The van der Waals surface area contributed by atoms with Crippen molar-refractivity contribution >= 4 is 11.8 Å². The number of thioether (sulfide) groups is 1. The molecule has 122 valence electrons. The smallest absolute Gasteiger partial charge is 0.191 e. The molecule has 1 heterocycles. The van der Waals surface area contributed by atoms with Crippen molar-refractivity contribution in [3.63, 3.8) is 0 Å². The number of nitrogens with zero attached hydrogens (tertiary/aromatic N) is 1. The van der Waals surface area contributed by atoms with Gasteiger partial charge in [0.2, 0.25) is 0 Å². The Morgan fingerprint density at radius 1 is 1.26 bits per heavy atom. The molecule has 0 N–H and O–H groups in total. The van der Waals surface area contributed by atoms with Crippen LogP contribution in [0.1, 0.15) is 43.2 Å². The predicted octanol–water partition coefficient (Wildman–Crippen LogP) is 5.32. The average molecular weight is 335 g/mol. The van der Waals surface area contributed by atoms with Crippen LogP contribution in [-0.4, -0.2) is 10.7 Å². The van der Waals surface area contributed by atoms with Crippen molar-refractivity contribution < 1.29 is 13.5 Å². The lowest BCUT2D eigenvalue weighted by molar-refractivity contribution is 0.270. The first-order chi connectivity index (χ1) is 11.2. The van der Waals surface area contributed by atoms with Crippen LogP contribution in [0.2, 0.25) is 0 Å². The summed E-state index contributed by atoms with van der Waals surface area (Å²) in [6.07, 6.45) is 4.76. The zero-order valence-electron chi connectivity index (χ0n) is 13.0. The van der Waals surface area contributed by atoms with E-state index >= 15 is 0 Å². The van der Waals surface area contributed by atoms with E-state index in [4.69, 9.17) is 4.74 Å². The van der Waals surface area contributed by atoms with E-state index < -0.39 is 11.6 Å². The number of halogens is 2. The lowest BCUT2D eigenvalue weighted by atomic mass is 10.1. The van der Waals surface area contributed by atoms with Crippen LogP contribution < -0.4 is 4.74 Å². The first-order valence-electron chi connectivity index (χ1n) is 7.87.